The molecule has 31 heavy (non-hydrogen) atoms. The van der Waals surface area contributed by atoms with Crippen molar-refractivity contribution >= 4 is 22.7 Å². The van der Waals surface area contributed by atoms with Crippen molar-refractivity contribution in [2.75, 3.05) is 0 Å². The van der Waals surface area contributed by atoms with Gasteiger partial charge in [-0.3, -0.25) is 9.36 Å². The smallest absolute Gasteiger partial charge is 0.266 e. The molecule has 0 amide bonds. The number of aromatic nitrogens is 6. The molecular weight excluding hydrogens is 408 g/mol. The number of aryl methyl sites for hydroxylation is 1. The molecule has 3 aromatic carbocycles. The molecule has 5 aromatic rings. The fourth-order valence-corrected chi connectivity index (χ4v) is 4.32. The molecule has 0 aliphatic carbocycles. The monoisotopic (exact) mass is 426 g/mol. The summed E-state index contributed by atoms with van der Waals surface area (Å²) in [5.41, 5.74) is 3.31. The summed E-state index contributed by atoms with van der Waals surface area (Å²) in [4.78, 5) is 18.2. The maximum atomic E-state index is 13.4. The maximum Gasteiger partial charge on any atom is 0.266 e. The lowest BCUT2D eigenvalue weighted by atomic mass is 10.2. The third kappa shape index (κ3) is 3.73. The second kappa shape index (κ2) is 8.16. The molecule has 0 unspecified atom stereocenters. The summed E-state index contributed by atoms with van der Waals surface area (Å²) in [5.74, 6) is 1.13. The molecule has 0 saturated heterocycles. The minimum absolute atomic E-state index is 0.0960. The average Bonchev–Trinajstić information content (AvgIpc) is 3.27. The fourth-order valence-electron chi connectivity index (χ4n) is 3.40. The van der Waals surface area contributed by atoms with Crippen LogP contribution >= 0.6 is 11.8 Å². The molecule has 0 aliphatic rings. The van der Waals surface area contributed by atoms with Gasteiger partial charge >= 0.3 is 0 Å². The third-order valence-corrected chi connectivity index (χ3v) is 5.80. The van der Waals surface area contributed by atoms with Gasteiger partial charge in [-0.1, -0.05) is 54.2 Å². The van der Waals surface area contributed by atoms with E-state index in [1.807, 2.05) is 79.7 Å². The largest absolute Gasteiger partial charge is 0.268 e. The number of para-hydroxylation sites is 2. The molecule has 0 radical (unpaired) electrons. The van der Waals surface area contributed by atoms with Crippen molar-refractivity contribution < 1.29 is 0 Å². The van der Waals surface area contributed by atoms with E-state index in [-0.39, 0.29) is 5.56 Å². The topological polar surface area (TPSA) is 78.5 Å². The van der Waals surface area contributed by atoms with Crippen LogP contribution < -0.4 is 5.56 Å². The van der Waals surface area contributed by atoms with Crippen molar-refractivity contribution in [1.82, 2.24) is 29.8 Å². The minimum atomic E-state index is -0.0960. The van der Waals surface area contributed by atoms with Gasteiger partial charge in [0.15, 0.2) is 11.0 Å². The number of hydrogen-bond acceptors (Lipinski definition) is 6. The van der Waals surface area contributed by atoms with Crippen LogP contribution in [0, 0.1) is 6.92 Å². The molecule has 0 saturated carbocycles. The van der Waals surface area contributed by atoms with Gasteiger partial charge in [0.2, 0.25) is 0 Å². The van der Waals surface area contributed by atoms with Crippen LogP contribution in [-0.2, 0) is 5.75 Å². The Hall–Kier alpha value is -3.78. The number of benzene rings is 3. The highest BCUT2D eigenvalue weighted by molar-refractivity contribution is 7.98. The number of fused-ring (bicyclic) bond motifs is 1. The molecule has 5 rings (SSSR count). The number of tetrazole rings is 1. The van der Waals surface area contributed by atoms with E-state index in [4.69, 9.17) is 4.98 Å². The third-order valence-electron chi connectivity index (χ3n) is 4.87. The predicted molar refractivity (Wildman–Crippen MR) is 121 cm³/mol. The first kappa shape index (κ1) is 19.2. The molecule has 0 fully saturated rings. The number of hydrogen-bond donors (Lipinski definition) is 0. The van der Waals surface area contributed by atoms with Crippen molar-refractivity contribution in [2.45, 2.75) is 17.8 Å². The van der Waals surface area contributed by atoms with Crippen LogP contribution in [0.2, 0.25) is 0 Å². The normalized spacial score (nSPS) is 11.1. The van der Waals surface area contributed by atoms with Crippen molar-refractivity contribution in [3.8, 4) is 11.4 Å². The molecule has 2 aromatic heterocycles. The molecule has 0 bridgehead atoms. The summed E-state index contributed by atoms with van der Waals surface area (Å²) in [6, 6.07) is 25.0. The second-order valence-corrected chi connectivity index (χ2v) is 7.96. The van der Waals surface area contributed by atoms with Crippen molar-refractivity contribution in [1.29, 1.82) is 0 Å². The summed E-state index contributed by atoms with van der Waals surface area (Å²) in [6.45, 7) is 2.00. The van der Waals surface area contributed by atoms with E-state index in [1.165, 1.54) is 11.8 Å². The number of thioether (sulfide) groups is 1. The Labute approximate surface area is 182 Å². The van der Waals surface area contributed by atoms with Gasteiger partial charge in [-0.25, -0.2) is 4.98 Å². The van der Waals surface area contributed by atoms with Crippen LogP contribution in [0.25, 0.3) is 22.3 Å². The lowest BCUT2D eigenvalue weighted by Gasteiger charge is -2.13. The van der Waals surface area contributed by atoms with Crippen molar-refractivity contribution in [2.24, 2.45) is 0 Å². The van der Waals surface area contributed by atoms with E-state index >= 15 is 0 Å². The Morgan fingerprint density at radius 3 is 2.52 bits per heavy atom. The summed E-state index contributed by atoms with van der Waals surface area (Å²) >= 11 is 1.43. The highest BCUT2D eigenvalue weighted by Gasteiger charge is 2.16. The molecule has 7 nitrogen and oxygen atoms in total. The molecule has 2 heterocycles. The predicted octanol–water partition coefficient (Wildman–Crippen LogP) is 3.96. The van der Waals surface area contributed by atoms with Crippen LogP contribution in [0.15, 0.2) is 88.8 Å². The van der Waals surface area contributed by atoms with Crippen LogP contribution in [0.4, 0.5) is 0 Å². The van der Waals surface area contributed by atoms with E-state index in [2.05, 4.69) is 15.5 Å². The summed E-state index contributed by atoms with van der Waals surface area (Å²) < 4.78 is 3.36. The van der Waals surface area contributed by atoms with Gasteiger partial charge in [-0.2, -0.15) is 4.68 Å². The maximum absolute atomic E-state index is 13.4. The molecule has 0 atom stereocenters. The van der Waals surface area contributed by atoms with Crippen molar-refractivity contribution in [3.63, 3.8) is 0 Å². The van der Waals surface area contributed by atoms with E-state index in [0.717, 1.165) is 16.9 Å². The summed E-state index contributed by atoms with van der Waals surface area (Å²) in [6.07, 6.45) is 0. The quantitative estimate of drug-likeness (QED) is 0.313. The molecule has 152 valence electrons. The first-order valence-corrected chi connectivity index (χ1v) is 10.7. The van der Waals surface area contributed by atoms with Gasteiger partial charge in [0.1, 0.15) is 0 Å². The van der Waals surface area contributed by atoms with Crippen LogP contribution in [0.5, 0.6) is 0 Å². The number of nitrogens with zero attached hydrogens (tertiary/aromatic N) is 6. The summed E-state index contributed by atoms with van der Waals surface area (Å²) in [7, 11) is 0. The zero-order chi connectivity index (χ0) is 21.2. The Morgan fingerprint density at radius 1 is 0.903 bits per heavy atom. The van der Waals surface area contributed by atoms with E-state index < -0.39 is 0 Å². The lowest BCUT2D eigenvalue weighted by molar-refractivity contribution is 0.776. The van der Waals surface area contributed by atoms with Crippen LogP contribution in [-0.4, -0.2) is 29.8 Å². The van der Waals surface area contributed by atoms with Gasteiger partial charge in [0.05, 0.1) is 28.0 Å². The highest BCUT2D eigenvalue weighted by atomic mass is 32.2. The molecule has 0 aliphatic heterocycles. The first-order valence-electron chi connectivity index (χ1n) is 9.75. The Morgan fingerprint density at radius 2 is 1.68 bits per heavy atom. The van der Waals surface area contributed by atoms with E-state index in [0.29, 0.717) is 27.6 Å². The SMILES string of the molecule is Cc1cccc(-n2c(SCc3nnnn3-c3ccccc3)nc3ccccc3c2=O)c1. The zero-order valence-corrected chi connectivity index (χ0v) is 17.5. The highest BCUT2D eigenvalue weighted by Crippen LogP contribution is 2.25. The zero-order valence-electron chi connectivity index (χ0n) is 16.7. The second-order valence-electron chi connectivity index (χ2n) is 7.02. The standard InChI is InChI=1S/C23H18N6OS/c1-16-8-7-11-18(14-16)28-22(30)19-12-5-6-13-20(19)24-23(28)31-15-21-25-26-27-29(21)17-9-3-2-4-10-17/h2-14H,15H2,1H3. The first-order chi connectivity index (χ1) is 15.2. The molecule has 8 heteroatoms. The fraction of sp³-hybridized carbons (Fsp3) is 0.0870. The average molecular weight is 427 g/mol. The van der Waals surface area contributed by atoms with Gasteiger partial charge < -0.3 is 0 Å². The Balaban J connectivity index is 1.58. The molecule has 0 spiro atoms. The minimum Gasteiger partial charge on any atom is -0.268 e. The Kier molecular flexibility index (Phi) is 5.05. The van der Waals surface area contributed by atoms with Gasteiger partial charge in [-0.15, -0.1) is 5.10 Å². The van der Waals surface area contributed by atoms with E-state index in [9.17, 15) is 4.79 Å². The Bertz CT molecular complexity index is 1430. The van der Waals surface area contributed by atoms with E-state index in [1.54, 1.807) is 15.3 Å². The van der Waals surface area contributed by atoms with Crippen molar-refractivity contribution in [3.05, 3.63) is 101 Å². The van der Waals surface area contributed by atoms with Gasteiger partial charge in [-0.05, 0) is 59.3 Å². The van der Waals surface area contributed by atoms with Gasteiger partial charge in [0.25, 0.3) is 5.56 Å². The lowest BCUT2D eigenvalue weighted by Crippen LogP contribution is -2.22. The van der Waals surface area contributed by atoms with Gasteiger partial charge in [0, 0.05) is 0 Å². The number of rotatable bonds is 5. The molecular formula is C23H18N6OS. The summed E-state index contributed by atoms with van der Waals surface area (Å²) in [5, 5.41) is 13.3. The molecule has 0 N–H and O–H groups in total. The van der Waals surface area contributed by atoms with Crippen LogP contribution in [0.3, 0.4) is 0 Å². The van der Waals surface area contributed by atoms with Crippen LogP contribution in [0.1, 0.15) is 11.4 Å².